The molecule has 0 spiro atoms. The zero-order valence-corrected chi connectivity index (χ0v) is 15.9. The number of aromatic nitrogens is 5. The van der Waals surface area contributed by atoms with Gasteiger partial charge in [-0.15, -0.1) is 5.10 Å². The average molecular weight is 371 g/mol. The SMILES string of the molecule is Cc1nc2nc(Nc3cc4c(nn3)CCC4)cc(Nc3ccccc3C)c2[nH]1. The lowest BCUT2D eigenvalue weighted by atomic mass is 10.2. The molecule has 0 saturated carbocycles. The van der Waals surface area contributed by atoms with Crippen LogP contribution in [0.25, 0.3) is 11.2 Å². The van der Waals surface area contributed by atoms with Crippen LogP contribution in [0, 0.1) is 13.8 Å². The van der Waals surface area contributed by atoms with Crippen molar-refractivity contribution in [2.24, 2.45) is 0 Å². The van der Waals surface area contributed by atoms with Gasteiger partial charge in [0.25, 0.3) is 0 Å². The second kappa shape index (κ2) is 6.60. The zero-order chi connectivity index (χ0) is 19.1. The predicted octanol–water partition coefficient (Wildman–Crippen LogP) is 4.34. The first-order chi connectivity index (χ1) is 13.7. The van der Waals surface area contributed by atoms with Crippen molar-refractivity contribution in [1.82, 2.24) is 25.1 Å². The number of rotatable bonds is 4. The van der Waals surface area contributed by atoms with Gasteiger partial charge in [-0.2, -0.15) is 5.10 Å². The molecule has 1 aliphatic carbocycles. The van der Waals surface area contributed by atoms with Crippen molar-refractivity contribution in [3.05, 3.63) is 59.0 Å². The number of imidazole rings is 1. The third-order valence-electron chi connectivity index (χ3n) is 5.07. The third kappa shape index (κ3) is 3.05. The summed E-state index contributed by atoms with van der Waals surface area (Å²) in [5.74, 6) is 2.22. The topological polar surface area (TPSA) is 91.4 Å². The van der Waals surface area contributed by atoms with Crippen LogP contribution in [0.15, 0.2) is 36.4 Å². The van der Waals surface area contributed by atoms with Gasteiger partial charge in [0.2, 0.25) is 0 Å². The Kier molecular flexibility index (Phi) is 3.93. The molecule has 0 fully saturated rings. The first-order valence-electron chi connectivity index (χ1n) is 9.48. The monoisotopic (exact) mass is 371 g/mol. The number of H-pyrrole nitrogens is 1. The Morgan fingerprint density at radius 1 is 0.893 bits per heavy atom. The van der Waals surface area contributed by atoms with Gasteiger partial charge in [-0.05, 0) is 56.4 Å². The van der Waals surface area contributed by atoms with E-state index in [2.05, 4.69) is 60.9 Å². The van der Waals surface area contributed by atoms with Crippen LogP contribution in [-0.2, 0) is 12.8 Å². The Bertz CT molecular complexity index is 1180. The summed E-state index contributed by atoms with van der Waals surface area (Å²) in [6.45, 7) is 4.01. The Labute approximate surface area is 162 Å². The Balaban J connectivity index is 1.53. The zero-order valence-electron chi connectivity index (χ0n) is 15.9. The van der Waals surface area contributed by atoms with Crippen molar-refractivity contribution in [2.45, 2.75) is 33.1 Å². The lowest BCUT2D eigenvalue weighted by Gasteiger charge is -2.12. The van der Waals surface area contributed by atoms with E-state index in [9.17, 15) is 0 Å². The number of nitrogens with zero attached hydrogens (tertiary/aromatic N) is 4. The molecule has 3 heterocycles. The van der Waals surface area contributed by atoms with Gasteiger partial charge in [-0.1, -0.05) is 18.2 Å². The quantitative estimate of drug-likeness (QED) is 0.494. The number of hydrogen-bond acceptors (Lipinski definition) is 6. The molecule has 140 valence electrons. The minimum atomic E-state index is 0.660. The number of para-hydroxylation sites is 1. The van der Waals surface area contributed by atoms with Gasteiger partial charge in [0.15, 0.2) is 11.5 Å². The van der Waals surface area contributed by atoms with Crippen molar-refractivity contribution in [3.63, 3.8) is 0 Å². The highest BCUT2D eigenvalue weighted by Crippen LogP contribution is 2.30. The lowest BCUT2D eigenvalue weighted by Crippen LogP contribution is -2.02. The van der Waals surface area contributed by atoms with Crippen molar-refractivity contribution in [3.8, 4) is 0 Å². The van der Waals surface area contributed by atoms with Crippen LogP contribution < -0.4 is 10.6 Å². The molecule has 1 aliphatic rings. The Morgan fingerprint density at radius 3 is 2.68 bits per heavy atom. The van der Waals surface area contributed by atoms with E-state index in [1.165, 1.54) is 11.1 Å². The molecule has 1 aromatic carbocycles. The maximum absolute atomic E-state index is 4.65. The molecule has 0 saturated heterocycles. The van der Waals surface area contributed by atoms with E-state index >= 15 is 0 Å². The van der Waals surface area contributed by atoms with Crippen LogP contribution in [0.3, 0.4) is 0 Å². The molecule has 3 aromatic heterocycles. The third-order valence-corrected chi connectivity index (χ3v) is 5.07. The molecule has 4 aromatic rings. The molecule has 28 heavy (non-hydrogen) atoms. The van der Waals surface area contributed by atoms with Gasteiger partial charge in [0, 0.05) is 11.8 Å². The highest BCUT2D eigenvalue weighted by atomic mass is 15.2. The van der Waals surface area contributed by atoms with Gasteiger partial charge in [-0.3, -0.25) is 0 Å². The minimum absolute atomic E-state index is 0.660. The lowest BCUT2D eigenvalue weighted by molar-refractivity contribution is 0.879. The first-order valence-corrected chi connectivity index (χ1v) is 9.48. The van der Waals surface area contributed by atoms with E-state index in [0.29, 0.717) is 17.3 Å². The van der Waals surface area contributed by atoms with Gasteiger partial charge < -0.3 is 15.6 Å². The highest BCUT2D eigenvalue weighted by molar-refractivity contribution is 5.90. The molecule has 7 heteroatoms. The van der Waals surface area contributed by atoms with Crippen LogP contribution in [0.4, 0.5) is 23.0 Å². The standard InChI is InChI=1S/C21H21N7/c1-12-6-3-4-8-15(12)24-17-11-18(26-21-20(17)22-13(2)23-21)25-19-10-14-7-5-9-16(14)27-28-19/h3-4,6,8,10-11H,5,7,9H2,1-2H3,(H3,22,23,24,25,26,28). The van der Waals surface area contributed by atoms with Gasteiger partial charge in [0.1, 0.15) is 17.2 Å². The molecule has 5 rings (SSSR count). The minimum Gasteiger partial charge on any atom is -0.353 e. The average Bonchev–Trinajstić information content (AvgIpc) is 3.29. The van der Waals surface area contributed by atoms with Crippen LogP contribution in [0.2, 0.25) is 0 Å². The molecule has 0 radical (unpaired) electrons. The van der Waals surface area contributed by atoms with Crippen molar-refractivity contribution >= 4 is 34.2 Å². The van der Waals surface area contributed by atoms with Gasteiger partial charge >= 0.3 is 0 Å². The van der Waals surface area contributed by atoms with Crippen molar-refractivity contribution < 1.29 is 0 Å². The fourth-order valence-corrected chi connectivity index (χ4v) is 3.65. The number of pyridine rings is 1. The van der Waals surface area contributed by atoms with Crippen LogP contribution in [0.5, 0.6) is 0 Å². The molecular formula is C21H21N7. The van der Waals surface area contributed by atoms with E-state index in [0.717, 1.165) is 47.7 Å². The molecule has 0 unspecified atom stereocenters. The fourth-order valence-electron chi connectivity index (χ4n) is 3.65. The summed E-state index contributed by atoms with van der Waals surface area (Å²) < 4.78 is 0. The molecule has 7 nitrogen and oxygen atoms in total. The van der Waals surface area contributed by atoms with E-state index < -0.39 is 0 Å². The fraction of sp³-hybridized carbons (Fsp3) is 0.238. The van der Waals surface area contributed by atoms with Crippen LogP contribution in [-0.4, -0.2) is 25.1 Å². The van der Waals surface area contributed by atoms with E-state index in [-0.39, 0.29) is 0 Å². The van der Waals surface area contributed by atoms with Crippen LogP contribution >= 0.6 is 0 Å². The molecule has 0 aliphatic heterocycles. The molecular weight excluding hydrogens is 350 g/mol. The highest BCUT2D eigenvalue weighted by Gasteiger charge is 2.15. The van der Waals surface area contributed by atoms with E-state index in [1.807, 2.05) is 25.1 Å². The van der Waals surface area contributed by atoms with Crippen molar-refractivity contribution in [1.29, 1.82) is 0 Å². The summed E-state index contributed by atoms with van der Waals surface area (Å²) in [7, 11) is 0. The Morgan fingerprint density at radius 2 is 1.79 bits per heavy atom. The van der Waals surface area contributed by atoms with Crippen LogP contribution in [0.1, 0.15) is 29.1 Å². The van der Waals surface area contributed by atoms with Gasteiger partial charge in [0.05, 0.1) is 11.4 Å². The smallest absolute Gasteiger partial charge is 0.181 e. The van der Waals surface area contributed by atoms with Crippen molar-refractivity contribution in [2.75, 3.05) is 10.6 Å². The number of aromatic amines is 1. The Hall–Kier alpha value is -3.48. The normalized spacial score (nSPS) is 12.9. The number of nitrogens with one attached hydrogen (secondary N) is 3. The summed E-state index contributed by atoms with van der Waals surface area (Å²) in [6.07, 6.45) is 3.23. The van der Waals surface area contributed by atoms with E-state index in [4.69, 9.17) is 0 Å². The summed E-state index contributed by atoms with van der Waals surface area (Å²) in [5.41, 5.74) is 7.05. The number of hydrogen-bond donors (Lipinski definition) is 3. The molecule has 0 amide bonds. The summed E-state index contributed by atoms with van der Waals surface area (Å²) in [6, 6.07) is 12.2. The maximum atomic E-state index is 4.65. The van der Waals surface area contributed by atoms with Gasteiger partial charge in [-0.25, -0.2) is 9.97 Å². The second-order valence-corrected chi connectivity index (χ2v) is 7.20. The molecule has 0 atom stereocenters. The first kappa shape index (κ1) is 16.7. The molecule has 0 bridgehead atoms. The summed E-state index contributed by atoms with van der Waals surface area (Å²) >= 11 is 0. The number of aryl methyl sites for hydroxylation is 4. The largest absolute Gasteiger partial charge is 0.353 e. The summed E-state index contributed by atoms with van der Waals surface area (Å²) in [4.78, 5) is 12.5. The molecule has 3 N–H and O–H groups in total. The number of anilines is 4. The van der Waals surface area contributed by atoms with E-state index in [1.54, 1.807) is 0 Å². The number of fused-ring (bicyclic) bond motifs is 2. The summed E-state index contributed by atoms with van der Waals surface area (Å²) in [5, 5.41) is 15.5. The maximum Gasteiger partial charge on any atom is 0.181 e. The number of benzene rings is 1. The second-order valence-electron chi connectivity index (χ2n) is 7.20. The predicted molar refractivity (Wildman–Crippen MR) is 110 cm³/mol.